The zero-order chi connectivity index (χ0) is 18.9. The zero-order valence-electron chi connectivity index (χ0n) is 12.2. The number of ether oxygens (including phenoxy) is 1. The van der Waals surface area contributed by atoms with Gasteiger partial charge < -0.3 is 4.74 Å². The molecule has 136 valence electrons. The quantitative estimate of drug-likeness (QED) is 0.655. The van der Waals surface area contributed by atoms with E-state index in [-0.39, 0.29) is 11.3 Å². The van der Waals surface area contributed by atoms with Crippen LogP contribution in [-0.2, 0) is 10.9 Å². The summed E-state index contributed by atoms with van der Waals surface area (Å²) < 4.78 is 97.7. The fraction of sp³-hybridized carbons (Fsp3) is 0.231. The predicted molar refractivity (Wildman–Crippen MR) is 69.0 cm³/mol. The minimum atomic E-state index is -5.66. The van der Waals surface area contributed by atoms with Gasteiger partial charge in [0.05, 0.1) is 12.8 Å². The Bertz CT molecular complexity index is 788. The molecule has 0 fully saturated rings. The SMILES string of the molecule is CCOC(=O)Nc1ccnn1-c1c(F)c(F)c(C(F)(F)F)c(F)c1F. The number of amides is 1. The lowest BCUT2D eigenvalue weighted by Gasteiger charge is -2.15. The summed E-state index contributed by atoms with van der Waals surface area (Å²) in [4.78, 5) is 11.3. The Kier molecular flexibility index (Phi) is 4.90. The number of nitrogens with zero attached hydrogens (tertiary/aromatic N) is 2. The van der Waals surface area contributed by atoms with Gasteiger partial charge in [0, 0.05) is 6.07 Å². The number of halogens is 7. The second-order valence-corrected chi connectivity index (χ2v) is 4.45. The van der Waals surface area contributed by atoms with E-state index in [1.54, 1.807) is 0 Å². The van der Waals surface area contributed by atoms with Crippen molar-refractivity contribution in [2.75, 3.05) is 11.9 Å². The molecule has 25 heavy (non-hydrogen) atoms. The van der Waals surface area contributed by atoms with Crippen molar-refractivity contribution in [2.45, 2.75) is 13.1 Å². The second-order valence-electron chi connectivity index (χ2n) is 4.45. The van der Waals surface area contributed by atoms with Gasteiger partial charge in [-0.3, -0.25) is 5.32 Å². The van der Waals surface area contributed by atoms with Gasteiger partial charge in [-0.2, -0.15) is 18.3 Å². The molecule has 1 heterocycles. The van der Waals surface area contributed by atoms with Crippen LogP contribution in [-0.4, -0.2) is 22.5 Å². The first kappa shape index (κ1) is 18.5. The van der Waals surface area contributed by atoms with Gasteiger partial charge in [0.1, 0.15) is 17.1 Å². The molecule has 0 saturated heterocycles. The van der Waals surface area contributed by atoms with Crippen LogP contribution in [0.15, 0.2) is 12.3 Å². The van der Waals surface area contributed by atoms with Crippen LogP contribution in [0.3, 0.4) is 0 Å². The third-order valence-electron chi connectivity index (χ3n) is 2.88. The number of alkyl halides is 3. The third kappa shape index (κ3) is 3.37. The molecule has 12 heteroatoms. The van der Waals surface area contributed by atoms with E-state index in [1.165, 1.54) is 6.92 Å². The summed E-state index contributed by atoms with van der Waals surface area (Å²) in [6, 6.07) is 0.975. The number of benzene rings is 1. The summed E-state index contributed by atoms with van der Waals surface area (Å²) in [6.07, 6.45) is -5.86. The lowest BCUT2D eigenvalue weighted by Crippen LogP contribution is -2.20. The number of anilines is 1. The monoisotopic (exact) mass is 371 g/mol. The lowest BCUT2D eigenvalue weighted by molar-refractivity contribution is -0.143. The van der Waals surface area contributed by atoms with Gasteiger partial charge in [0.25, 0.3) is 0 Å². The first-order valence-electron chi connectivity index (χ1n) is 6.50. The molecule has 0 radical (unpaired) electrons. The summed E-state index contributed by atoms with van der Waals surface area (Å²) in [5.74, 6) is -10.4. The van der Waals surface area contributed by atoms with E-state index in [4.69, 9.17) is 0 Å². The zero-order valence-corrected chi connectivity index (χ0v) is 12.2. The van der Waals surface area contributed by atoms with Crippen molar-refractivity contribution in [2.24, 2.45) is 0 Å². The number of hydrogen-bond acceptors (Lipinski definition) is 3. The fourth-order valence-electron chi connectivity index (χ4n) is 1.90. The molecule has 0 aliphatic heterocycles. The van der Waals surface area contributed by atoms with Crippen LogP contribution in [0.25, 0.3) is 5.69 Å². The molecule has 0 aliphatic carbocycles. The van der Waals surface area contributed by atoms with Crippen LogP contribution in [0.4, 0.5) is 41.3 Å². The van der Waals surface area contributed by atoms with Crippen molar-refractivity contribution in [3.8, 4) is 5.69 Å². The molecule has 0 saturated carbocycles. The van der Waals surface area contributed by atoms with Crippen LogP contribution >= 0.6 is 0 Å². The van der Waals surface area contributed by atoms with Crippen molar-refractivity contribution < 1.29 is 40.3 Å². The minimum Gasteiger partial charge on any atom is -0.450 e. The topological polar surface area (TPSA) is 56.1 Å². The molecule has 2 aromatic rings. The Morgan fingerprint density at radius 3 is 2.20 bits per heavy atom. The number of aromatic nitrogens is 2. The van der Waals surface area contributed by atoms with Crippen molar-refractivity contribution in [1.82, 2.24) is 9.78 Å². The van der Waals surface area contributed by atoms with E-state index in [1.807, 2.05) is 5.32 Å². The standard InChI is InChI=1S/C13H8F7N3O2/c1-2-25-12(24)22-5-3-4-21-23(5)11-9(16)7(14)6(13(18,19)20)8(15)10(11)17/h3-4H,2H2,1H3,(H,22,24). The average Bonchev–Trinajstić information content (AvgIpc) is 2.92. The van der Waals surface area contributed by atoms with Crippen LogP contribution in [0, 0.1) is 23.3 Å². The molecule has 1 amide bonds. The number of carbonyl (C=O) groups is 1. The normalized spacial score (nSPS) is 11.5. The van der Waals surface area contributed by atoms with Gasteiger partial charge in [-0.1, -0.05) is 0 Å². The van der Waals surface area contributed by atoms with Gasteiger partial charge in [-0.25, -0.2) is 27.0 Å². The Morgan fingerprint density at radius 1 is 1.16 bits per heavy atom. The molecule has 0 atom stereocenters. The number of carbonyl (C=O) groups excluding carboxylic acids is 1. The smallest absolute Gasteiger partial charge is 0.422 e. The minimum absolute atomic E-state index is 0.0633. The maximum atomic E-state index is 14.0. The number of hydrogen-bond donors (Lipinski definition) is 1. The maximum absolute atomic E-state index is 14.0. The van der Waals surface area contributed by atoms with Gasteiger partial charge in [0.2, 0.25) is 0 Å². The Labute approximate surface area is 135 Å². The molecule has 1 N–H and O–H groups in total. The van der Waals surface area contributed by atoms with Crippen molar-refractivity contribution >= 4 is 11.9 Å². The molecule has 0 spiro atoms. The fourth-order valence-corrected chi connectivity index (χ4v) is 1.90. The third-order valence-corrected chi connectivity index (χ3v) is 2.88. The first-order chi connectivity index (χ1) is 11.6. The van der Waals surface area contributed by atoms with Gasteiger partial charge in [-0.15, -0.1) is 0 Å². The molecule has 0 unspecified atom stereocenters. The molecule has 0 aliphatic rings. The van der Waals surface area contributed by atoms with Crippen molar-refractivity contribution in [3.63, 3.8) is 0 Å². The highest BCUT2D eigenvalue weighted by Crippen LogP contribution is 2.38. The molecule has 5 nitrogen and oxygen atoms in total. The van der Waals surface area contributed by atoms with E-state index in [9.17, 15) is 35.5 Å². The summed E-state index contributed by atoms with van der Waals surface area (Å²) in [6.45, 7) is 1.39. The number of nitrogens with one attached hydrogen (secondary N) is 1. The second kappa shape index (κ2) is 6.61. The maximum Gasteiger partial charge on any atom is 0.422 e. The highest BCUT2D eigenvalue weighted by molar-refractivity contribution is 5.83. The summed E-state index contributed by atoms with van der Waals surface area (Å²) in [5, 5.41) is 5.31. The lowest BCUT2D eigenvalue weighted by atomic mass is 10.1. The van der Waals surface area contributed by atoms with Gasteiger partial charge in [-0.05, 0) is 6.92 Å². The average molecular weight is 371 g/mol. The van der Waals surface area contributed by atoms with Crippen molar-refractivity contribution in [1.29, 1.82) is 0 Å². The highest BCUT2D eigenvalue weighted by atomic mass is 19.4. The summed E-state index contributed by atoms with van der Waals surface area (Å²) in [5.41, 5.74) is -4.28. The Balaban J connectivity index is 2.63. The molecule has 1 aromatic carbocycles. The van der Waals surface area contributed by atoms with E-state index < -0.39 is 52.6 Å². The predicted octanol–water partition coefficient (Wildman–Crippen LogP) is 4.02. The van der Waals surface area contributed by atoms with E-state index in [0.717, 1.165) is 12.3 Å². The molecule has 1 aromatic heterocycles. The van der Waals surface area contributed by atoms with Crippen molar-refractivity contribution in [3.05, 3.63) is 41.1 Å². The highest BCUT2D eigenvalue weighted by Gasteiger charge is 2.43. The number of rotatable bonds is 3. The Hall–Kier alpha value is -2.79. The van der Waals surface area contributed by atoms with E-state index in [2.05, 4.69) is 9.84 Å². The van der Waals surface area contributed by atoms with E-state index in [0.29, 0.717) is 0 Å². The molecule has 0 bridgehead atoms. The van der Waals surface area contributed by atoms with Crippen LogP contribution in [0.2, 0.25) is 0 Å². The first-order valence-corrected chi connectivity index (χ1v) is 6.50. The Morgan fingerprint density at radius 2 is 1.72 bits per heavy atom. The van der Waals surface area contributed by atoms with E-state index >= 15 is 0 Å². The van der Waals surface area contributed by atoms with Gasteiger partial charge >= 0.3 is 12.3 Å². The largest absolute Gasteiger partial charge is 0.450 e. The van der Waals surface area contributed by atoms with Crippen LogP contribution in [0.5, 0.6) is 0 Å². The molecular weight excluding hydrogens is 363 g/mol. The van der Waals surface area contributed by atoms with Gasteiger partial charge in [0.15, 0.2) is 23.3 Å². The summed E-state index contributed by atoms with van der Waals surface area (Å²) >= 11 is 0. The summed E-state index contributed by atoms with van der Waals surface area (Å²) in [7, 11) is 0. The van der Waals surface area contributed by atoms with Crippen LogP contribution in [0.1, 0.15) is 12.5 Å². The molecule has 2 rings (SSSR count). The molecular formula is C13H8F7N3O2. The van der Waals surface area contributed by atoms with Crippen LogP contribution < -0.4 is 5.32 Å².